The number of hydrogen-bond acceptors (Lipinski definition) is 13. The van der Waals surface area contributed by atoms with Crippen LogP contribution in [0.5, 0.6) is 0 Å². The van der Waals surface area contributed by atoms with Crippen LogP contribution in [0.2, 0.25) is 0 Å². The van der Waals surface area contributed by atoms with E-state index in [0.717, 1.165) is 122 Å². The first-order valence-corrected chi connectivity index (χ1v) is 34.2. The van der Waals surface area contributed by atoms with Gasteiger partial charge in [-0.15, -0.1) is 11.8 Å². The molecule has 0 radical (unpaired) electrons. The van der Waals surface area contributed by atoms with Gasteiger partial charge in [0.05, 0.1) is 41.5 Å². The number of halogens is 3. The zero-order valence-corrected chi connectivity index (χ0v) is 55.0. The molecule has 0 bridgehead atoms. The number of amides is 5. The molecule has 6 heterocycles. The van der Waals surface area contributed by atoms with Gasteiger partial charge in [0, 0.05) is 157 Å². The molecule has 0 aliphatic carbocycles. The minimum Gasteiger partial charge on any atom is -0.379 e. The molecule has 9 aromatic rings. The smallest absolute Gasteiger partial charge is 0.379 e. The molecule has 3 saturated heterocycles. The van der Waals surface area contributed by atoms with Gasteiger partial charge in [0.25, 0.3) is 29.5 Å². The molecule has 0 atom stereocenters. The lowest BCUT2D eigenvalue weighted by molar-refractivity contribution is -0.137. The number of carbonyl (C=O) groups is 5. The summed E-state index contributed by atoms with van der Waals surface area (Å²) in [5, 5.41) is 15.0. The summed E-state index contributed by atoms with van der Waals surface area (Å²) in [6, 6.07) is 49.1. The van der Waals surface area contributed by atoms with Crippen molar-refractivity contribution in [3.8, 4) is 33.6 Å². The average Bonchev–Trinajstić information content (AvgIpc) is 0.812. The van der Waals surface area contributed by atoms with Crippen LogP contribution in [-0.2, 0) is 29.6 Å². The molecule has 502 valence electrons. The van der Waals surface area contributed by atoms with E-state index in [1.165, 1.54) is 30.8 Å². The van der Waals surface area contributed by atoms with E-state index in [2.05, 4.69) is 57.3 Å². The zero-order chi connectivity index (χ0) is 67.8. The summed E-state index contributed by atoms with van der Waals surface area (Å²) >= 11 is 1.63. The number of pyridine rings is 3. The summed E-state index contributed by atoms with van der Waals surface area (Å²) in [6.07, 6.45) is 7.40. The highest BCUT2D eigenvalue weighted by atomic mass is 32.2. The van der Waals surface area contributed by atoms with Gasteiger partial charge in [-0.1, -0.05) is 48.5 Å². The lowest BCUT2D eigenvalue weighted by atomic mass is 9.98. The third-order valence-corrected chi connectivity index (χ3v) is 18.8. The standard InChI is InChI=1S/C77H76F3N11O6S/c78-77(79,80)61-14-9-11-53(41-61)50-86-73(93)57-24-28-82-70(46-57)66-47-63(90-32-5-1-6-33-90)20-22-68(66)88-76(96)60-44-58(43-59(45-60)74(94)84-29-25-62-15-3-4-27-81-62)54-18-16-52(17-19-54)51-98-65-26-30-83-71(49-65)67-48-64(91-34-7-2-8-35-91)21-23-69(67)87-75(95)56-13-10-12-55(42-56)72(92)85-31-36-89-37-39-97-40-38-89/h3-4,9-24,26-28,30,41-49H,1-2,5-8,25,29,31-40,50-51H2,(H,84,94)(H,85,92)(H,86,93)(H,87,95)(H,88,96). The molecule has 5 N–H and O–H groups in total. The SMILES string of the molecule is O=C(NCCc1ccccn1)c1cc(C(=O)Nc2ccc(N3CCCCC3)cc2-c2cc(C(=O)NCc3cccc(C(F)(F)F)c3)ccn2)cc(-c2ccc(CSc3ccnc(-c4cc(N5CCCCC5)ccc4NC(=O)c4cccc(C(=O)NCCN5CCOCC5)c4)c3)cc2)c1. The van der Waals surface area contributed by atoms with Crippen LogP contribution in [0.25, 0.3) is 33.6 Å². The molecule has 3 aromatic heterocycles. The van der Waals surface area contributed by atoms with E-state index in [0.29, 0.717) is 90.0 Å². The molecule has 0 saturated carbocycles. The zero-order valence-electron chi connectivity index (χ0n) is 54.2. The number of aromatic nitrogens is 3. The number of piperidine rings is 2. The number of thioether (sulfide) groups is 1. The number of benzene rings is 6. The van der Waals surface area contributed by atoms with Crippen molar-refractivity contribution in [3.63, 3.8) is 0 Å². The predicted octanol–water partition coefficient (Wildman–Crippen LogP) is 13.6. The molecule has 3 fully saturated rings. The van der Waals surface area contributed by atoms with Gasteiger partial charge < -0.3 is 41.1 Å². The molecule has 3 aliphatic rings. The summed E-state index contributed by atoms with van der Waals surface area (Å²) in [5.74, 6) is -1.42. The number of anilines is 4. The Bertz CT molecular complexity index is 4310. The highest BCUT2D eigenvalue weighted by Gasteiger charge is 2.31. The van der Waals surface area contributed by atoms with Crippen LogP contribution in [0.15, 0.2) is 193 Å². The topological polar surface area (TPSA) is 203 Å². The van der Waals surface area contributed by atoms with E-state index in [9.17, 15) is 37.1 Å². The molecule has 98 heavy (non-hydrogen) atoms. The van der Waals surface area contributed by atoms with E-state index < -0.39 is 23.6 Å². The molecule has 5 amide bonds. The molecule has 12 rings (SSSR count). The van der Waals surface area contributed by atoms with Crippen LogP contribution in [-0.4, -0.2) is 122 Å². The minimum atomic E-state index is -4.54. The Balaban J connectivity index is 0.772. The maximum Gasteiger partial charge on any atom is 0.416 e. The van der Waals surface area contributed by atoms with Crippen LogP contribution in [0.1, 0.15) is 113 Å². The Hall–Kier alpha value is -10.2. The normalized spacial score (nSPS) is 14.3. The number of alkyl halides is 3. The van der Waals surface area contributed by atoms with Gasteiger partial charge >= 0.3 is 6.18 Å². The predicted molar refractivity (Wildman–Crippen MR) is 378 cm³/mol. The molecule has 0 spiro atoms. The summed E-state index contributed by atoms with van der Waals surface area (Å²) in [6.45, 7) is 7.87. The summed E-state index contributed by atoms with van der Waals surface area (Å²) in [5.41, 5.74) is 9.40. The molecule has 21 heteroatoms. The van der Waals surface area contributed by atoms with Crippen LogP contribution in [0.4, 0.5) is 35.9 Å². The van der Waals surface area contributed by atoms with E-state index in [-0.39, 0.29) is 46.5 Å². The van der Waals surface area contributed by atoms with Crippen molar-refractivity contribution < 1.29 is 41.9 Å². The molecular weight excluding hydrogens is 1260 g/mol. The molecule has 6 aromatic carbocycles. The van der Waals surface area contributed by atoms with Crippen molar-refractivity contribution >= 4 is 64.0 Å². The van der Waals surface area contributed by atoms with Gasteiger partial charge in [0.1, 0.15) is 0 Å². The second-order valence-corrected chi connectivity index (χ2v) is 25.6. The van der Waals surface area contributed by atoms with E-state index in [1.54, 1.807) is 72.7 Å². The van der Waals surface area contributed by atoms with Gasteiger partial charge in [0.15, 0.2) is 0 Å². The van der Waals surface area contributed by atoms with E-state index in [4.69, 9.17) is 9.72 Å². The van der Waals surface area contributed by atoms with Crippen molar-refractivity contribution in [2.24, 2.45) is 0 Å². The van der Waals surface area contributed by atoms with Crippen LogP contribution < -0.4 is 36.4 Å². The molecule has 3 aliphatic heterocycles. The Kier molecular flexibility index (Phi) is 22.3. The van der Waals surface area contributed by atoms with Gasteiger partial charge in [-0.3, -0.25) is 43.8 Å². The number of ether oxygens (including phenoxy) is 1. The second kappa shape index (κ2) is 32.2. The maximum atomic E-state index is 14.9. The van der Waals surface area contributed by atoms with Crippen LogP contribution >= 0.6 is 11.8 Å². The summed E-state index contributed by atoms with van der Waals surface area (Å²) in [4.78, 5) is 91.8. The summed E-state index contributed by atoms with van der Waals surface area (Å²) in [7, 11) is 0. The minimum absolute atomic E-state index is 0.144. The molecule has 17 nitrogen and oxygen atoms in total. The fraction of sp³-hybridized carbons (Fsp3) is 0.273. The fourth-order valence-corrected chi connectivity index (χ4v) is 13.2. The number of hydrogen-bond donors (Lipinski definition) is 5. The van der Waals surface area contributed by atoms with Crippen molar-refractivity contribution in [2.75, 3.05) is 92.5 Å². The highest BCUT2D eigenvalue weighted by Crippen LogP contribution is 2.38. The molecular formula is C77H76F3N11O6S. The lowest BCUT2D eigenvalue weighted by Gasteiger charge is -2.29. The number of rotatable bonds is 23. The van der Waals surface area contributed by atoms with E-state index in [1.807, 2.05) is 84.9 Å². The Morgan fingerprint density at radius 1 is 0.469 bits per heavy atom. The molecule has 0 unspecified atom stereocenters. The van der Waals surface area contributed by atoms with Crippen molar-refractivity contribution in [1.82, 2.24) is 35.8 Å². The third kappa shape index (κ3) is 17.9. The quantitative estimate of drug-likeness (QED) is 0.0379. The first-order valence-electron chi connectivity index (χ1n) is 33.2. The first kappa shape index (κ1) is 67.7. The van der Waals surface area contributed by atoms with E-state index >= 15 is 0 Å². The van der Waals surface area contributed by atoms with Crippen LogP contribution in [0, 0.1) is 0 Å². The van der Waals surface area contributed by atoms with Crippen molar-refractivity contribution in [1.29, 1.82) is 0 Å². The third-order valence-electron chi connectivity index (χ3n) is 17.7. The summed E-state index contributed by atoms with van der Waals surface area (Å²) < 4.78 is 46.0. The monoisotopic (exact) mass is 1340 g/mol. The largest absolute Gasteiger partial charge is 0.416 e. The fourth-order valence-electron chi connectivity index (χ4n) is 12.3. The number of nitrogens with zero attached hydrogens (tertiary/aromatic N) is 6. The Morgan fingerprint density at radius 2 is 1.05 bits per heavy atom. The maximum absolute atomic E-state index is 14.9. The lowest BCUT2D eigenvalue weighted by Crippen LogP contribution is -2.41. The Morgan fingerprint density at radius 3 is 1.71 bits per heavy atom. The average molecular weight is 1340 g/mol. The first-order chi connectivity index (χ1) is 47.7. The van der Waals surface area contributed by atoms with Crippen molar-refractivity contribution in [3.05, 3.63) is 239 Å². The van der Waals surface area contributed by atoms with Gasteiger partial charge in [0.2, 0.25) is 0 Å². The Labute approximate surface area is 572 Å². The number of morpholine rings is 1. The second-order valence-electron chi connectivity index (χ2n) is 24.6. The van der Waals surface area contributed by atoms with Gasteiger partial charge in [-0.2, -0.15) is 13.2 Å². The number of carbonyl (C=O) groups excluding carboxylic acids is 5. The number of nitrogens with one attached hydrogen (secondary N) is 5. The van der Waals surface area contributed by atoms with Gasteiger partial charge in [-0.05, 0) is 182 Å². The van der Waals surface area contributed by atoms with Crippen LogP contribution in [0.3, 0.4) is 0 Å². The van der Waals surface area contributed by atoms with Crippen molar-refractivity contribution in [2.45, 2.75) is 68.3 Å². The highest BCUT2D eigenvalue weighted by molar-refractivity contribution is 7.98. The van der Waals surface area contributed by atoms with Gasteiger partial charge in [-0.25, -0.2) is 0 Å².